The summed E-state index contributed by atoms with van der Waals surface area (Å²) >= 11 is 0. The van der Waals surface area contributed by atoms with Gasteiger partial charge in [0.25, 0.3) is 5.91 Å². The highest BCUT2D eigenvalue weighted by Crippen LogP contribution is 2.34. The van der Waals surface area contributed by atoms with E-state index in [1.807, 2.05) is 6.07 Å². The van der Waals surface area contributed by atoms with Crippen LogP contribution in [0.2, 0.25) is 0 Å². The van der Waals surface area contributed by atoms with E-state index in [-0.39, 0.29) is 5.57 Å². The van der Waals surface area contributed by atoms with Gasteiger partial charge in [-0.15, -0.1) is 6.58 Å². The molecule has 7 nitrogen and oxygen atoms in total. The molecule has 2 aromatic rings. The second-order valence-corrected chi connectivity index (χ2v) is 6.10. The number of allylic oxidation sites excluding steroid dienone is 1. The minimum Gasteiger partial charge on any atom is -0.493 e. The molecule has 7 heteroatoms. The van der Waals surface area contributed by atoms with Crippen molar-refractivity contribution in [2.45, 2.75) is 6.42 Å². The number of anilines is 1. The van der Waals surface area contributed by atoms with E-state index in [9.17, 15) is 14.9 Å². The SMILES string of the molecule is C=CCc1cc(/C=C(\C#N)C(=O)Nc2ccc(C(=O)OC)cc2)cc(OC)c1OC. The van der Waals surface area contributed by atoms with Gasteiger partial charge in [0.1, 0.15) is 11.6 Å². The van der Waals surface area contributed by atoms with Gasteiger partial charge in [-0.1, -0.05) is 6.08 Å². The maximum absolute atomic E-state index is 12.5. The summed E-state index contributed by atoms with van der Waals surface area (Å²) in [7, 11) is 4.34. The van der Waals surface area contributed by atoms with Gasteiger partial charge in [0.05, 0.1) is 26.9 Å². The Morgan fingerprint density at radius 3 is 2.37 bits per heavy atom. The zero-order valence-corrected chi connectivity index (χ0v) is 17.0. The number of carbonyl (C=O) groups is 2. The molecule has 0 bridgehead atoms. The van der Waals surface area contributed by atoms with Gasteiger partial charge in [-0.25, -0.2) is 4.79 Å². The molecule has 0 aliphatic heterocycles. The van der Waals surface area contributed by atoms with Crippen molar-refractivity contribution >= 4 is 23.6 Å². The first-order chi connectivity index (χ1) is 14.5. The predicted octanol–water partition coefficient (Wildman–Crippen LogP) is 3.76. The zero-order chi connectivity index (χ0) is 22.1. The number of nitrogens with one attached hydrogen (secondary N) is 1. The molecular formula is C23H22N2O5. The number of nitriles is 1. The van der Waals surface area contributed by atoms with Crippen molar-refractivity contribution in [2.75, 3.05) is 26.6 Å². The Hall–Kier alpha value is -4.05. The summed E-state index contributed by atoms with van der Waals surface area (Å²) in [5.74, 6) is 0.0000400. The Morgan fingerprint density at radius 2 is 1.83 bits per heavy atom. The molecule has 1 amide bonds. The highest BCUT2D eigenvalue weighted by molar-refractivity contribution is 6.09. The smallest absolute Gasteiger partial charge is 0.337 e. The third kappa shape index (κ3) is 5.26. The van der Waals surface area contributed by atoms with Crippen LogP contribution in [0.3, 0.4) is 0 Å². The van der Waals surface area contributed by atoms with Gasteiger partial charge in [0.15, 0.2) is 11.5 Å². The number of esters is 1. The lowest BCUT2D eigenvalue weighted by molar-refractivity contribution is -0.112. The average Bonchev–Trinajstić information content (AvgIpc) is 2.77. The molecule has 0 saturated heterocycles. The van der Waals surface area contributed by atoms with Crippen LogP contribution >= 0.6 is 0 Å². The molecule has 2 aromatic carbocycles. The molecule has 0 heterocycles. The first kappa shape index (κ1) is 22.2. The predicted molar refractivity (Wildman–Crippen MR) is 113 cm³/mol. The molecule has 1 N–H and O–H groups in total. The van der Waals surface area contributed by atoms with Gasteiger partial charge in [0.2, 0.25) is 0 Å². The van der Waals surface area contributed by atoms with E-state index < -0.39 is 11.9 Å². The van der Waals surface area contributed by atoms with Gasteiger partial charge in [-0.05, 0) is 54.5 Å². The minimum absolute atomic E-state index is 0.0937. The Bertz CT molecular complexity index is 1020. The van der Waals surface area contributed by atoms with Crippen molar-refractivity contribution in [3.63, 3.8) is 0 Å². The topological polar surface area (TPSA) is 97.7 Å². The number of ether oxygens (including phenoxy) is 3. The van der Waals surface area contributed by atoms with E-state index in [0.29, 0.717) is 34.7 Å². The van der Waals surface area contributed by atoms with Crippen molar-refractivity contribution in [3.8, 4) is 17.6 Å². The van der Waals surface area contributed by atoms with Crippen molar-refractivity contribution in [1.29, 1.82) is 5.26 Å². The third-order valence-electron chi connectivity index (χ3n) is 4.18. The van der Waals surface area contributed by atoms with E-state index in [1.165, 1.54) is 32.4 Å². The number of amides is 1. The number of benzene rings is 2. The molecular weight excluding hydrogens is 384 g/mol. The molecule has 30 heavy (non-hydrogen) atoms. The van der Waals surface area contributed by atoms with Crippen LogP contribution in [-0.4, -0.2) is 33.2 Å². The fraction of sp³-hybridized carbons (Fsp3) is 0.174. The lowest BCUT2D eigenvalue weighted by Gasteiger charge is -2.13. The second-order valence-electron chi connectivity index (χ2n) is 6.10. The Morgan fingerprint density at radius 1 is 1.13 bits per heavy atom. The fourth-order valence-corrected chi connectivity index (χ4v) is 2.78. The van der Waals surface area contributed by atoms with E-state index in [0.717, 1.165) is 5.56 Å². The normalized spacial score (nSPS) is 10.5. The summed E-state index contributed by atoms with van der Waals surface area (Å²) in [5.41, 5.74) is 2.12. The van der Waals surface area contributed by atoms with Crippen LogP contribution in [0.1, 0.15) is 21.5 Å². The molecule has 2 rings (SSSR count). The van der Waals surface area contributed by atoms with Crippen LogP contribution in [0.15, 0.2) is 54.6 Å². The summed E-state index contributed by atoms with van der Waals surface area (Å²) in [6.07, 6.45) is 3.72. The third-order valence-corrected chi connectivity index (χ3v) is 4.18. The molecule has 0 fully saturated rings. The number of hydrogen-bond donors (Lipinski definition) is 1. The molecule has 0 radical (unpaired) electrons. The standard InChI is InChI=1S/C23H22N2O5/c1-5-6-17-11-15(13-20(28-2)21(17)29-3)12-18(14-24)22(26)25-19-9-7-16(8-10-19)23(27)30-4/h5,7-13H,1,6H2,2-4H3,(H,25,26)/b18-12+. The summed E-state index contributed by atoms with van der Waals surface area (Å²) in [5, 5.41) is 12.1. The number of rotatable bonds is 8. The van der Waals surface area contributed by atoms with E-state index in [2.05, 4.69) is 16.6 Å². The Balaban J connectivity index is 2.31. The lowest BCUT2D eigenvalue weighted by atomic mass is 10.0. The maximum Gasteiger partial charge on any atom is 0.337 e. The van der Waals surface area contributed by atoms with Crippen LogP contribution in [0, 0.1) is 11.3 Å². The molecule has 0 atom stereocenters. The lowest BCUT2D eigenvalue weighted by Crippen LogP contribution is -2.13. The van der Waals surface area contributed by atoms with Gasteiger partial charge in [-0.2, -0.15) is 5.26 Å². The van der Waals surface area contributed by atoms with Crippen LogP contribution in [0.4, 0.5) is 5.69 Å². The molecule has 0 saturated carbocycles. The number of hydrogen-bond acceptors (Lipinski definition) is 6. The van der Waals surface area contributed by atoms with E-state index in [4.69, 9.17) is 9.47 Å². The molecule has 0 unspecified atom stereocenters. The van der Waals surface area contributed by atoms with Gasteiger partial charge in [-0.3, -0.25) is 4.79 Å². The Labute approximate surface area is 175 Å². The van der Waals surface area contributed by atoms with Crippen LogP contribution in [0.5, 0.6) is 11.5 Å². The second kappa shape index (κ2) is 10.5. The van der Waals surface area contributed by atoms with Crippen molar-refractivity contribution in [1.82, 2.24) is 0 Å². The van der Waals surface area contributed by atoms with Gasteiger partial charge >= 0.3 is 5.97 Å². The zero-order valence-electron chi connectivity index (χ0n) is 17.0. The van der Waals surface area contributed by atoms with Crippen LogP contribution in [-0.2, 0) is 16.0 Å². The first-order valence-electron chi connectivity index (χ1n) is 8.94. The summed E-state index contributed by atoms with van der Waals surface area (Å²) < 4.78 is 15.4. The average molecular weight is 406 g/mol. The van der Waals surface area contributed by atoms with E-state index >= 15 is 0 Å². The number of nitrogens with zero attached hydrogens (tertiary/aromatic N) is 1. The first-order valence-corrected chi connectivity index (χ1v) is 8.94. The molecule has 154 valence electrons. The van der Waals surface area contributed by atoms with E-state index in [1.54, 1.807) is 37.5 Å². The molecule has 0 aromatic heterocycles. The fourth-order valence-electron chi connectivity index (χ4n) is 2.78. The molecule has 0 aliphatic carbocycles. The minimum atomic E-state index is -0.580. The molecule has 0 spiro atoms. The number of carbonyl (C=O) groups excluding carboxylic acids is 2. The highest BCUT2D eigenvalue weighted by Gasteiger charge is 2.14. The van der Waals surface area contributed by atoms with Crippen molar-refractivity contribution < 1.29 is 23.8 Å². The Kier molecular flexibility index (Phi) is 7.77. The van der Waals surface area contributed by atoms with Crippen molar-refractivity contribution in [2.24, 2.45) is 0 Å². The van der Waals surface area contributed by atoms with Crippen LogP contribution < -0.4 is 14.8 Å². The molecule has 0 aliphatic rings. The van der Waals surface area contributed by atoms with Crippen molar-refractivity contribution in [3.05, 3.63) is 71.3 Å². The summed E-state index contributed by atoms with van der Waals surface area (Å²) in [4.78, 5) is 24.0. The monoisotopic (exact) mass is 406 g/mol. The summed E-state index contributed by atoms with van der Waals surface area (Å²) in [6.45, 7) is 3.73. The van der Waals surface area contributed by atoms with Crippen LogP contribution in [0.25, 0.3) is 6.08 Å². The van der Waals surface area contributed by atoms with Gasteiger partial charge in [0, 0.05) is 11.3 Å². The highest BCUT2D eigenvalue weighted by atomic mass is 16.5. The summed E-state index contributed by atoms with van der Waals surface area (Å²) in [6, 6.07) is 11.5. The largest absolute Gasteiger partial charge is 0.493 e. The quantitative estimate of drug-likeness (QED) is 0.310. The van der Waals surface area contributed by atoms with Gasteiger partial charge < -0.3 is 19.5 Å². The number of methoxy groups -OCH3 is 3. The maximum atomic E-state index is 12.5.